The quantitative estimate of drug-likeness (QED) is 0.901. The number of rotatable bonds is 2. The zero-order valence-corrected chi connectivity index (χ0v) is 14.5. The molecule has 1 aromatic heterocycles. The average Bonchev–Trinajstić information content (AvgIpc) is 2.90. The maximum Gasteiger partial charge on any atom is 0.192 e. The maximum absolute atomic E-state index is 6.26. The van der Waals surface area contributed by atoms with E-state index in [0.717, 1.165) is 19.0 Å². The molecular weight excluding hydrogens is 278 g/mol. The van der Waals surface area contributed by atoms with Crippen LogP contribution in [0.3, 0.4) is 0 Å². The van der Waals surface area contributed by atoms with Crippen LogP contribution >= 0.6 is 11.3 Å². The lowest BCUT2D eigenvalue weighted by atomic mass is 9.58. The summed E-state index contributed by atoms with van der Waals surface area (Å²) in [6, 6.07) is 4.31. The van der Waals surface area contributed by atoms with Gasteiger partial charge in [-0.15, -0.1) is 11.3 Å². The monoisotopic (exact) mass is 305 g/mol. The molecule has 4 heteroatoms. The number of hydrogen-bond donors (Lipinski definition) is 1. The third-order valence-corrected chi connectivity index (χ3v) is 5.71. The van der Waals surface area contributed by atoms with Crippen LogP contribution in [-0.2, 0) is 6.54 Å². The van der Waals surface area contributed by atoms with Gasteiger partial charge in [-0.25, -0.2) is 0 Å². The molecule has 1 spiro atoms. The number of nitrogens with two attached hydrogens (primary N) is 1. The number of thiophene rings is 1. The van der Waals surface area contributed by atoms with Crippen LogP contribution in [0.2, 0.25) is 0 Å². The number of nitrogens with zero attached hydrogens (tertiary/aromatic N) is 2. The highest BCUT2D eigenvalue weighted by Crippen LogP contribution is 2.53. The van der Waals surface area contributed by atoms with Gasteiger partial charge < -0.3 is 10.6 Å². The molecule has 2 heterocycles. The van der Waals surface area contributed by atoms with Gasteiger partial charge in [0.25, 0.3) is 0 Å². The van der Waals surface area contributed by atoms with Crippen molar-refractivity contribution in [3.05, 3.63) is 22.4 Å². The molecule has 0 amide bonds. The molecule has 2 N–H and O–H groups in total. The fraction of sp³-hybridized carbons (Fsp3) is 0.706. The van der Waals surface area contributed by atoms with E-state index in [1.54, 1.807) is 11.3 Å². The minimum absolute atomic E-state index is 0.110. The molecule has 0 bridgehead atoms. The Morgan fingerprint density at radius 3 is 2.43 bits per heavy atom. The Balaban J connectivity index is 1.91. The standard InChI is InChI=1S/C17H27N3S/c1-15(2)9-16(3,4)11-17(10-15)12-19-14(18)20(17)8-13-6-5-7-21-13/h5-7H,8-12H2,1-4H3,(H2,18,19). The van der Waals surface area contributed by atoms with Crippen molar-refractivity contribution in [3.63, 3.8) is 0 Å². The first-order valence-corrected chi connectivity index (χ1v) is 8.70. The molecule has 0 atom stereocenters. The van der Waals surface area contributed by atoms with Gasteiger partial charge in [-0.05, 0) is 41.5 Å². The fourth-order valence-electron chi connectivity index (χ4n) is 5.02. The molecule has 1 saturated carbocycles. The zero-order chi connectivity index (χ0) is 15.3. The molecule has 3 rings (SSSR count). The summed E-state index contributed by atoms with van der Waals surface area (Å²) in [6.45, 7) is 11.3. The van der Waals surface area contributed by atoms with Crippen LogP contribution in [0, 0.1) is 10.8 Å². The number of guanidine groups is 1. The van der Waals surface area contributed by atoms with E-state index in [2.05, 4.69) is 55.1 Å². The lowest BCUT2D eigenvalue weighted by Gasteiger charge is -2.54. The second-order valence-corrected chi connectivity index (χ2v) is 9.46. The Kier molecular flexibility index (Phi) is 3.36. The first-order chi connectivity index (χ1) is 9.72. The highest BCUT2D eigenvalue weighted by molar-refractivity contribution is 7.09. The molecule has 1 aromatic rings. The highest BCUT2D eigenvalue weighted by Gasteiger charge is 2.52. The summed E-state index contributed by atoms with van der Waals surface area (Å²) in [5.74, 6) is 0.733. The summed E-state index contributed by atoms with van der Waals surface area (Å²) in [5, 5.41) is 2.14. The summed E-state index contributed by atoms with van der Waals surface area (Å²) in [5.41, 5.74) is 7.05. The summed E-state index contributed by atoms with van der Waals surface area (Å²) < 4.78 is 0. The van der Waals surface area contributed by atoms with E-state index in [4.69, 9.17) is 5.73 Å². The summed E-state index contributed by atoms with van der Waals surface area (Å²) in [4.78, 5) is 8.39. The zero-order valence-electron chi connectivity index (χ0n) is 13.6. The molecule has 1 aliphatic heterocycles. The van der Waals surface area contributed by atoms with Gasteiger partial charge in [-0.2, -0.15) is 0 Å². The molecule has 3 nitrogen and oxygen atoms in total. The van der Waals surface area contributed by atoms with Gasteiger partial charge >= 0.3 is 0 Å². The SMILES string of the molecule is CC1(C)CC(C)(C)CC2(CN=C(N)N2Cc2cccs2)C1. The Labute approximate surface area is 132 Å². The van der Waals surface area contributed by atoms with E-state index in [1.165, 1.54) is 24.1 Å². The molecule has 1 fully saturated rings. The van der Waals surface area contributed by atoms with E-state index in [0.29, 0.717) is 10.8 Å². The van der Waals surface area contributed by atoms with E-state index in [-0.39, 0.29) is 5.54 Å². The number of hydrogen-bond acceptors (Lipinski definition) is 4. The summed E-state index contributed by atoms with van der Waals surface area (Å²) >= 11 is 1.81. The fourth-order valence-corrected chi connectivity index (χ4v) is 5.71. The highest BCUT2D eigenvalue weighted by atomic mass is 32.1. The molecule has 0 aromatic carbocycles. The molecule has 116 valence electrons. The number of aliphatic imine (C=N–C) groups is 1. The van der Waals surface area contributed by atoms with Crippen LogP contribution < -0.4 is 5.73 Å². The topological polar surface area (TPSA) is 41.6 Å². The summed E-state index contributed by atoms with van der Waals surface area (Å²) in [6.07, 6.45) is 3.63. The van der Waals surface area contributed by atoms with E-state index < -0.39 is 0 Å². The molecule has 1 aliphatic carbocycles. The van der Waals surface area contributed by atoms with Crippen LogP contribution in [0.5, 0.6) is 0 Å². The minimum Gasteiger partial charge on any atom is -0.370 e. The van der Waals surface area contributed by atoms with Crippen molar-refractivity contribution in [3.8, 4) is 0 Å². The van der Waals surface area contributed by atoms with Crippen molar-refractivity contribution in [1.82, 2.24) is 4.90 Å². The summed E-state index contributed by atoms with van der Waals surface area (Å²) in [7, 11) is 0. The van der Waals surface area contributed by atoms with Crippen LogP contribution in [0.4, 0.5) is 0 Å². The van der Waals surface area contributed by atoms with E-state index in [1.807, 2.05) is 0 Å². The first-order valence-electron chi connectivity index (χ1n) is 7.82. The van der Waals surface area contributed by atoms with Crippen LogP contribution in [-0.4, -0.2) is 22.9 Å². The lowest BCUT2D eigenvalue weighted by Crippen LogP contribution is -2.58. The predicted molar refractivity (Wildman–Crippen MR) is 90.5 cm³/mol. The molecule has 2 aliphatic rings. The Hall–Kier alpha value is -1.03. The van der Waals surface area contributed by atoms with Crippen LogP contribution in [0.15, 0.2) is 22.5 Å². The van der Waals surface area contributed by atoms with Crippen molar-refractivity contribution >= 4 is 17.3 Å². The predicted octanol–water partition coefficient (Wildman–Crippen LogP) is 3.85. The smallest absolute Gasteiger partial charge is 0.192 e. The molecule has 0 saturated heterocycles. The molecule has 0 radical (unpaired) electrons. The molecular formula is C17H27N3S. The normalized spacial score (nSPS) is 26.1. The van der Waals surface area contributed by atoms with Gasteiger partial charge in [-0.1, -0.05) is 33.8 Å². The van der Waals surface area contributed by atoms with Gasteiger partial charge in [0.15, 0.2) is 5.96 Å². The van der Waals surface area contributed by atoms with Gasteiger partial charge in [0, 0.05) is 4.88 Å². The minimum atomic E-state index is 0.110. The second-order valence-electron chi connectivity index (χ2n) is 8.42. The third-order valence-electron chi connectivity index (χ3n) is 4.85. The van der Waals surface area contributed by atoms with Crippen molar-refractivity contribution < 1.29 is 0 Å². The third kappa shape index (κ3) is 2.83. The molecule has 21 heavy (non-hydrogen) atoms. The Morgan fingerprint density at radius 1 is 1.19 bits per heavy atom. The average molecular weight is 305 g/mol. The van der Waals surface area contributed by atoms with Crippen LogP contribution in [0.1, 0.15) is 51.8 Å². The van der Waals surface area contributed by atoms with Crippen molar-refractivity contribution in [2.24, 2.45) is 21.6 Å². The van der Waals surface area contributed by atoms with Crippen molar-refractivity contribution in [1.29, 1.82) is 0 Å². The second kappa shape index (κ2) is 4.73. The van der Waals surface area contributed by atoms with Gasteiger partial charge in [0.2, 0.25) is 0 Å². The maximum atomic E-state index is 6.26. The Morgan fingerprint density at radius 2 is 1.86 bits per heavy atom. The van der Waals surface area contributed by atoms with Crippen LogP contribution in [0.25, 0.3) is 0 Å². The van der Waals surface area contributed by atoms with Gasteiger partial charge in [0.05, 0.1) is 18.6 Å². The van der Waals surface area contributed by atoms with Gasteiger partial charge in [-0.3, -0.25) is 4.99 Å². The van der Waals surface area contributed by atoms with Crippen molar-refractivity contribution in [2.45, 2.75) is 59.0 Å². The first kappa shape index (κ1) is 14.9. The van der Waals surface area contributed by atoms with Crippen molar-refractivity contribution in [2.75, 3.05) is 6.54 Å². The van der Waals surface area contributed by atoms with E-state index >= 15 is 0 Å². The lowest BCUT2D eigenvalue weighted by molar-refractivity contribution is -0.00723. The molecule has 0 unspecified atom stereocenters. The van der Waals surface area contributed by atoms with E-state index in [9.17, 15) is 0 Å². The Bertz CT molecular complexity index is 526. The van der Waals surface area contributed by atoms with Gasteiger partial charge in [0.1, 0.15) is 0 Å². The largest absolute Gasteiger partial charge is 0.370 e.